The summed E-state index contributed by atoms with van der Waals surface area (Å²) in [5.74, 6) is -0.00463. The Hall–Kier alpha value is -1.91. The van der Waals surface area contributed by atoms with Crippen LogP contribution in [-0.4, -0.2) is 6.16 Å². The fourth-order valence-corrected chi connectivity index (χ4v) is 0.740. The molecule has 1 aromatic carbocycles. The van der Waals surface area contributed by atoms with Gasteiger partial charge in [-0.15, -0.1) is 0 Å². The third kappa shape index (κ3) is 1.57. The van der Waals surface area contributed by atoms with Crippen molar-refractivity contribution in [2.45, 2.75) is 0 Å². The van der Waals surface area contributed by atoms with Crippen LogP contribution in [0.15, 0.2) is 18.2 Å². The SMILES string of the molecule is Nc1cccc(OC(=O)[O-])c1N. The van der Waals surface area contributed by atoms with Crippen LogP contribution in [0.4, 0.5) is 16.2 Å². The van der Waals surface area contributed by atoms with Gasteiger partial charge < -0.3 is 26.1 Å². The summed E-state index contributed by atoms with van der Waals surface area (Å²) in [5, 5.41) is 10.0. The summed E-state index contributed by atoms with van der Waals surface area (Å²) in [6.45, 7) is 0. The summed E-state index contributed by atoms with van der Waals surface area (Å²) in [7, 11) is 0. The molecule has 64 valence electrons. The topological polar surface area (TPSA) is 101 Å². The second-order valence-corrected chi connectivity index (χ2v) is 2.11. The van der Waals surface area contributed by atoms with Crippen molar-refractivity contribution in [3.8, 4) is 5.75 Å². The van der Waals surface area contributed by atoms with E-state index in [9.17, 15) is 9.90 Å². The highest BCUT2D eigenvalue weighted by Crippen LogP contribution is 2.26. The number of hydrogen-bond donors (Lipinski definition) is 2. The quantitative estimate of drug-likeness (QED) is 0.336. The number of hydrogen-bond acceptors (Lipinski definition) is 5. The number of benzene rings is 1. The summed E-state index contributed by atoms with van der Waals surface area (Å²) in [4.78, 5) is 10.0. The van der Waals surface area contributed by atoms with Crippen LogP contribution in [0.3, 0.4) is 0 Å². The van der Waals surface area contributed by atoms with Crippen LogP contribution >= 0.6 is 0 Å². The van der Waals surface area contributed by atoms with Gasteiger partial charge in [0.05, 0.1) is 17.1 Å². The Morgan fingerprint density at radius 1 is 1.42 bits per heavy atom. The van der Waals surface area contributed by atoms with E-state index in [1.54, 1.807) is 0 Å². The van der Waals surface area contributed by atoms with Gasteiger partial charge in [0, 0.05) is 0 Å². The zero-order valence-electron chi connectivity index (χ0n) is 6.11. The number of nitrogens with two attached hydrogens (primary N) is 2. The molecule has 0 saturated carbocycles. The highest BCUT2D eigenvalue weighted by Gasteiger charge is 1.99. The number of carbonyl (C=O) groups excluding carboxylic acids is 1. The summed E-state index contributed by atoms with van der Waals surface area (Å²) in [5.41, 5.74) is 11.1. The molecule has 5 heteroatoms. The largest absolute Gasteiger partial charge is 0.512 e. The first-order chi connectivity index (χ1) is 5.61. The Labute approximate surface area is 68.5 Å². The molecular formula is C7H7N2O3-. The highest BCUT2D eigenvalue weighted by molar-refractivity contribution is 5.73. The lowest BCUT2D eigenvalue weighted by molar-refractivity contribution is -0.271. The maximum Gasteiger partial charge on any atom is 0.257 e. The van der Waals surface area contributed by atoms with Crippen molar-refractivity contribution in [3.05, 3.63) is 18.2 Å². The summed E-state index contributed by atoms with van der Waals surface area (Å²) in [6, 6.07) is 4.46. The van der Waals surface area contributed by atoms with Crippen LogP contribution in [-0.2, 0) is 0 Å². The molecule has 0 unspecified atom stereocenters. The first kappa shape index (κ1) is 8.19. The van der Waals surface area contributed by atoms with Gasteiger partial charge >= 0.3 is 0 Å². The number of carboxylic acid groups (broad SMARTS) is 1. The van der Waals surface area contributed by atoms with Gasteiger partial charge in [-0.3, -0.25) is 0 Å². The Balaban J connectivity index is 3.00. The van der Waals surface area contributed by atoms with E-state index in [0.29, 0.717) is 0 Å². The molecule has 0 saturated heterocycles. The summed E-state index contributed by atoms with van der Waals surface area (Å²) < 4.78 is 4.23. The highest BCUT2D eigenvalue weighted by atomic mass is 16.7. The number of nitrogen functional groups attached to an aromatic ring is 2. The summed E-state index contributed by atoms with van der Waals surface area (Å²) >= 11 is 0. The van der Waals surface area contributed by atoms with Crippen LogP contribution in [0, 0.1) is 0 Å². The van der Waals surface area contributed by atoms with Gasteiger partial charge in [-0.1, -0.05) is 6.07 Å². The van der Waals surface area contributed by atoms with Crippen molar-refractivity contribution in [2.75, 3.05) is 11.5 Å². The fraction of sp³-hybridized carbons (Fsp3) is 0. The zero-order chi connectivity index (χ0) is 9.14. The van der Waals surface area contributed by atoms with Crippen molar-refractivity contribution in [2.24, 2.45) is 0 Å². The molecule has 1 rings (SSSR count). The van der Waals surface area contributed by atoms with Crippen molar-refractivity contribution >= 4 is 17.5 Å². The van der Waals surface area contributed by atoms with Crippen LogP contribution in [0.2, 0.25) is 0 Å². The molecule has 0 heterocycles. The number of ether oxygens (including phenoxy) is 1. The fourth-order valence-electron chi connectivity index (χ4n) is 0.740. The average Bonchev–Trinajstić information content (AvgIpc) is 1.98. The van der Waals surface area contributed by atoms with Gasteiger partial charge in [-0.25, -0.2) is 0 Å². The smallest absolute Gasteiger partial charge is 0.257 e. The van der Waals surface area contributed by atoms with Crippen LogP contribution in [0.1, 0.15) is 0 Å². The molecule has 1 aromatic rings. The monoisotopic (exact) mass is 167 g/mol. The van der Waals surface area contributed by atoms with Crippen molar-refractivity contribution in [3.63, 3.8) is 0 Å². The average molecular weight is 167 g/mol. The molecule has 0 aliphatic heterocycles. The van der Waals surface area contributed by atoms with E-state index >= 15 is 0 Å². The molecule has 5 nitrogen and oxygen atoms in total. The Bertz CT molecular complexity index is 312. The molecule has 0 aliphatic rings. The second-order valence-electron chi connectivity index (χ2n) is 2.11. The molecule has 12 heavy (non-hydrogen) atoms. The molecule has 0 aromatic heterocycles. The van der Waals surface area contributed by atoms with Crippen LogP contribution < -0.4 is 21.3 Å². The lowest BCUT2D eigenvalue weighted by Crippen LogP contribution is -2.26. The zero-order valence-corrected chi connectivity index (χ0v) is 6.11. The van der Waals surface area contributed by atoms with E-state index in [0.717, 1.165) is 0 Å². The van der Waals surface area contributed by atoms with Gasteiger partial charge in [0.1, 0.15) is 0 Å². The van der Waals surface area contributed by atoms with Gasteiger partial charge in [-0.2, -0.15) is 0 Å². The molecule has 0 spiro atoms. The van der Waals surface area contributed by atoms with Gasteiger partial charge in [-0.05, 0) is 12.1 Å². The van der Waals surface area contributed by atoms with Gasteiger partial charge in [0.2, 0.25) is 0 Å². The first-order valence-corrected chi connectivity index (χ1v) is 3.14. The normalized spacial score (nSPS) is 9.33. The third-order valence-electron chi connectivity index (χ3n) is 1.29. The maximum atomic E-state index is 10.0. The van der Waals surface area contributed by atoms with E-state index in [4.69, 9.17) is 11.5 Å². The van der Waals surface area contributed by atoms with Gasteiger partial charge in [0.25, 0.3) is 6.16 Å². The van der Waals surface area contributed by atoms with Gasteiger partial charge in [0.15, 0.2) is 0 Å². The predicted octanol–water partition coefficient (Wildman–Crippen LogP) is -0.427. The second kappa shape index (κ2) is 3.00. The molecule has 0 amide bonds. The van der Waals surface area contributed by atoms with E-state index in [1.165, 1.54) is 18.2 Å². The molecule has 0 radical (unpaired) electrons. The lowest BCUT2D eigenvalue weighted by atomic mass is 10.2. The molecule has 4 N–H and O–H groups in total. The molecule has 0 bridgehead atoms. The summed E-state index contributed by atoms with van der Waals surface area (Å²) in [6.07, 6.45) is -1.66. The minimum atomic E-state index is -1.66. The number of rotatable bonds is 1. The first-order valence-electron chi connectivity index (χ1n) is 3.14. The molecule has 0 atom stereocenters. The van der Waals surface area contributed by atoms with Crippen LogP contribution in [0.5, 0.6) is 5.75 Å². The van der Waals surface area contributed by atoms with E-state index in [2.05, 4.69) is 4.74 Å². The van der Waals surface area contributed by atoms with Crippen molar-refractivity contribution < 1.29 is 14.6 Å². The van der Waals surface area contributed by atoms with E-state index in [1.807, 2.05) is 0 Å². The third-order valence-corrected chi connectivity index (χ3v) is 1.29. The van der Waals surface area contributed by atoms with E-state index < -0.39 is 6.16 Å². The van der Waals surface area contributed by atoms with Crippen LogP contribution in [0.25, 0.3) is 0 Å². The lowest BCUT2D eigenvalue weighted by Gasteiger charge is -2.11. The Kier molecular flexibility index (Phi) is 2.05. The standard InChI is InChI=1S/C7H8N2O3/c8-4-2-1-3-5(6(4)9)12-7(10)11/h1-3H,8-9H2,(H,10,11)/p-1. The van der Waals surface area contributed by atoms with Crippen molar-refractivity contribution in [1.82, 2.24) is 0 Å². The number of para-hydroxylation sites is 1. The predicted molar refractivity (Wildman–Crippen MR) is 41.3 cm³/mol. The number of anilines is 2. The Morgan fingerprint density at radius 3 is 2.67 bits per heavy atom. The van der Waals surface area contributed by atoms with Crippen molar-refractivity contribution in [1.29, 1.82) is 0 Å². The maximum absolute atomic E-state index is 10.0. The minimum absolute atomic E-state index is 0.00463. The molecule has 0 aliphatic carbocycles. The molecular weight excluding hydrogens is 160 g/mol. The minimum Gasteiger partial charge on any atom is -0.512 e. The van der Waals surface area contributed by atoms with E-state index in [-0.39, 0.29) is 17.1 Å². The number of carbonyl (C=O) groups is 1. The Morgan fingerprint density at radius 2 is 2.08 bits per heavy atom. The molecule has 0 fully saturated rings.